The molecule has 0 atom stereocenters. The molecule has 1 aliphatic rings. The second kappa shape index (κ2) is 5.73. The maximum atomic E-state index is 13.3. The lowest BCUT2D eigenvalue weighted by atomic mass is 10.1. The van der Waals surface area contributed by atoms with E-state index in [2.05, 4.69) is 4.90 Å². The molecule has 0 bridgehead atoms. The van der Waals surface area contributed by atoms with E-state index in [1.807, 2.05) is 0 Å². The molecule has 1 saturated heterocycles. The predicted octanol–water partition coefficient (Wildman–Crippen LogP) is 1.57. The number of hydrogen-bond donors (Lipinski definition) is 1. The van der Waals surface area contributed by atoms with E-state index in [1.165, 1.54) is 12.1 Å². The smallest absolute Gasteiger partial charge is 0.285 e. The topological polar surface area (TPSA) is 38.5 Å². The van der Waals surface area contributed by atoms with Crippen molar-refractivity contribution in [3.63, 3.8) is 0 Å². The van der Waals surface area contributed by atoms with E-state index in [9.17, 15) is 8.78 Å². The molecular weight excluding hydrogens is 238 g/mol. The third-order valence-electron chi connectivity index (χ3n) is 3.14. The van der Waals surface area contributed by atoms with Crippen LogP contribution in [-0.4, -0.2) is 37.7 Å². The molecule has 1 fully saturated rings. The van der Waals surface area contributed by atoms with E-state index in [1.54, 1.807) is 12.1 Å². The molecule has 100 valence electrons. The first-order valence-corrected chi connectivity index (χ1v) is 6.09. The van der Waals surface area contributed by atoms with Gasteiger partial charge in [0.1, 0.15) is 0 Å². The van der Waals surface area contributed by atoms with Crippen LogP contribution in [0, 0.1) is 0 Å². The van der Waals surface area contributed by atoms with Crippen LogP contribution in [0.4, 0.5) is 8.78 Å². The van der Waals surface area contributed by atoms with Crippen molar-refractivity contribution in [3.8, 4) is 0 Å². The van der Waals surface area contributed by atoms with Crippen LogP contribution in [0.1, 0.15) is 11.1 Å². The Morgan fingerprint density at radius 1 is 1.17 bits per heavy atom. The van der Waals surface area contributed by atoms with Crippen molar-refractivity contribution in [1.29, 1.82) is 0 Å². The van der Waals surface area contributed by atoms with Crippen molar-refractivity contribution >= 4 is 0 Å². The average Bonchev–Trinajstić information content (AvgIpc) is 2.40. The molecule has 5 heteroatoms. The van der Waals surface area contributed by atoms with Gasteiger partial charge in [-0.15, -0.1) is 0 Å². The highest BCUT2D eigenvalue weighted by molar-refractivity contribution is 5.26. The number of ether oxygens (including phenoxy) is 1. The van der Waals surface area contributed by atoms with Gasteiger partial charge >= 0.3 is 0 Å². The summed E-state index contributed by atoms with van der Waals surface area (Å²) in [6.45, 7) is 3.38. The maximum Gasteiger partial charge on any atom is 0.285 e. The van der Waals surface area contributed by atoms with Crippen molar-refractivity contribution in [2.45, 2.75) is 12.5 Å². The lowest BCUT2D eigenvalue weighted by Gasteiger charge is -2.26. The summed E-state index contributed by atoms with van der Waals surface area (Å²) in [5, 5.41) is 0. The molecule has 0 amide bonds. The van der Waals surface area contributed by atoms with Gasteiger partial charge in [-0.25, -0.2) is 0 Å². The molecule has 1 heterocycles. The summed E-state index contributed by atoms with van der Waals surface area (Å²) in [5.74, 6) is -2.93. The predicted molar refractivity (Wildman–Crippen MR) is 65.5 cm³/mol. The van der Waals surface area contributed by atoms with Gasteiger partial charge in [0.2, 0.25) is 0 Å². The summed E-state index contributed by atoms with van der Waals surface area (Å²) in [6, 6.07) is 6.41. The van der Waals surface area contributed by atoms with Crippen LogP contribution in [-0.2, 0) is 17.2 Å². The van der Waals surface area contributed by atoms with Gasteiger partial charge in [-0.1, -0.05) is 24.3 Å². The number of hydrogen-bond acceptors (Lipinski definition) is 3. The van der Waals surface area contributed by atoms with Crippen LogP contribution in [0.3, 0.4) is 0 Å². The van der Waals surface area contributed by atoms with Crippen LogP contribution < -0.4 is 5.73 Å². The van der Waals surface area contributed by atoms with E-state index in [0.717, 1.165) is 38.4 Å². The number of alkyl halides is 2. The van der Waals surface area contributed by atoms with Gasteiger partial charge in [0.15, 0.2) is 0 Å². The molecule has 1 aromatic carbocycles. The number of nitrogens with two attached hydrogens (primary N) is 1. The number of morpholine rings is 1. The fourth-order valence-corrected chi connectivity index (χ4v) is 1.99. The van der Waals surface area contributed by atoms with E-state index >= 15 is 0 Å². The Hall–Kier alpha value is -1.04. The highest BCUT2D eigenvalue weighted by Crippen LogP contribution is 2.26. The standard InChI is InChI=1S/C13H18F2N2O/c14-13(15,10-16)12-3-1-11(2-4-12)9-17-5-7-18-8-6-17/h1-4H,5-10,16H2. The van der Waals surface area contributed by atoms with Gasteiger partial charge in [0.25, 0.3) is 5.92 Å². The van der Waals surface area contributed by atoms with Crippen molar-refractivity contribution in [1.82, 2.24) is 4.90 Å². The molecule has 18 heavy (non-hydrogen) atoms. The SMILES string of the molecule is NCC(F)(F)c1ccc(CN2CCOCC2)cc1. The normalized spacial score (nSPS) is 17.9. The first kappa shape index (κ1) is 13.4. The van der Waals surface area contributed by atoms with E-state index in [-0.39, 0.29) is 5.56 Å². The lowest BCUT2D eigenvalue weighted by molar-refractivity contribution is 0.00590. The molecule has 1 aliphatic heterocycles. The minimum atomic E-state index is -2.93. The minimum absolute atomic E-state index is 0.0178. The molecule has 0 radical (unpaired) electrons. The largest absolute Gasteiger partial charge is 0.379 e. The van der Waals surface area contributed by atoms with Gasteiger partial charge in [-0.05, 0) is 5.56 Å². The van der Waals surface area contributed by atoms with Crippen molar-refractivity contribution in [3.05, 3.63) is 35.4 Å². The quantitative estimate of drug-likeness (QED) is 0.888. The molecule has 0 saturated carbocycles. The Morgan fingerprint density at radius 2 is 1.78 bits per heavy atom. The zero-order valence-electron chi connectivity index (χ0n) is 10.2. The molecule has 0 aromatic heterocycles. The lowest BCUT2D eigenvalue weighted by Crippen LogP contribution is -2.35. The van der Waals surface area contributed by atoms with Crippen LogP contribution in [0.25, 0.3) is 0 Å². The molecule has 2 rings (SSSR count). The number of rotatable bonds is 4. The minimum Gasteiger partial charge on any atom is -0.379 e. The third kappa shape index (κ3) is 3.25. The van der Waals surface area contributed by atoms with Gasteiger partial charge in [-0.3, -0.25) is 4.90 Å². The third-order valence-corrected chi connectivity index (χ3v) is 3.14. The summed E-state index contributed by atoms with van der Waals surface area (Å²) < 4.78 is 31.9. The fourth-order valence-electron chi connectivity index (χ4n) is 1.99. The number of nitrogens with zero attached hydrogens (tertiary/aromatic N) is 1. The fraction of sp³-hybridized carbons (Fsp3) is 0.538. The second-order valence-corrected chi connectivity index (χ2v) is 4.49. The Balaban J connectivity index is 1.99. The van der Waals surface area contributed by atoms with E-state index in [0.29, 0.717) is 0 Å². The molecule has 0 aliphatic carbocycles. The molecule has 3 nitrogen and oxygen atoms in total. The first-order valence-electron chi connectivity index (χ1n) is 6.09. The molecular formula is C13H18F2N2O. The Labute approximate surface area is 106 Å². The summed E-state index contributed by atoms with van der Waals surface area (Å²) in [5.41, 5.74) is 6.07. The molecule has 0 unspecified atom stereocenters. The Morgan fingerprint density at radius 3 is 2.33 bits per heavy atom. The second-order valence-electron chi connectivity index (χ2n) is 4.49. The summed E-state index contributed by atoms with van der Waals surface area (Å²) >= 11 is 0. The van der Waals surface area contributed by atoms with Crippen LogP contribution in [0.2, 0.25) is 0 Å². The first-order chi connectivity index (χ1) is 8.62. The van der Waals surface area contributed by atoms with Crippen molar-refractivity contribution < 1.29 is 13.5 Å². The molecule has 2 N–H and O–H groups in total. The van der Waals surface area contributed by atoms with Crippen molar-refractivity contribution in [2.24, 2.45) is 5.73 Å². The summed E-state index contributed by atoms with van der Waals surface area (Å²) in [6.07, 6.45) is 0. The average molecular weight is 256 g/mol. The van der Waals surface area contributed by atoms with Crippen LogP contribution in [0.5, 0.6) is 0 Å². The zero-order chi connectivity index (χ0) is 13.0. The Kier molecular flexibility index (Phi) is 4.27. The molecule has 1 aromatic rings. The number of benzene rings is 1. The summed E-state index contributed by atoms with van der Waals surface area (Å²) in [7, 11) is 0. The van der Waals surface area contributed by atoms with Crippen LogP contribution >= 0.6 is 0 Å². The van der Waals surface area contributed by atoms with Gasteiger partial charge < -0.3 is 10.5 Å². The van der Waals surface area contributed by atoms with Crippen molar-refractivity contribution in [2.75, 3.05) is 32.8 Å². The monoisotopic (exact) mass is 256 g/mol. The van der Waals surface area contributed by atoms with Crippen LogP contribution in [0.15, 0.2) is 24.3 Å². The van der Waals surface area contributed by atoms with Gasteiger partial charge in [0, 0.05) is 25.2 Å². The van der Waals surface area contributed by atoms with E-state index < -0.39 is 12.5 Å². The highest BCUT2D eigenvalue weighted by Gasteiger charge is 2.29. The Bertz CT molecular complexity index is 375. The number of halogens is 2. The maximum absolute atomic E-state index is 13.3. The zero-order valence-corrected chi connectivity index (χ0v) is 10.2. The van der Waals surface area contributed by atoms with E-state index in [4.69, 9.17) is 10.5 Å². The van der Waals surface area contributed by atoms with Gasteiger partial charge in [-0.2, -0.15) is 8.78 Å². The summed E-state index contributed by atoms with van der Waals surface area (Å²) in [4.78, 5) is 2.25. The molecule has 0 spiro atoms. The highest BCUT2D eigenvalue weighted by atomic mass is 19.3. The van der Waals surface area contributed by atoms with Gasteiger partial charge in [0.05, 0.1) is 19.8 Å².